The van der Waals surface area contributed by atoms with Gasteiger partial charge in [0.05, 0.1) is 22.0 Å². The quantitative estimate of drug-likeness (QED) is 0.848. The normalized spacial score (nSPS) is 10.0. The molecule has 0 saturated carbocycles. The number of carbonyl (C=O) groups is 2. The summed E-state index contributed by atoms with van der Waals surface area (Å²) in [6.45, 7) is 1.55. The van der Waals surface area contributed by atoms with Gasteiger partial charge in [-0.05, 0) is 30.3 Å². The van der Waals surface area contributed by atoms with Crippen molar-refractivity contribution < 1.29 is 9.59 Å². The van der Waals surface area contributed by atoms with E-state index in [-0.39, 0.29) is 24.8 Å². The molecule has 0 aromatic heterocycles. The van der Waals surface area contributed by atoms with Crippen LogP contribution in [0.1, 0.15) is 18.9 Å². The summed E-state index contributed by atoms with van der Waals surface area (Å²) in [6, 6.07) is 13.5. The highest BCUT2D eigenvalue weighted by molar-refractivity contribution is 6.36. The molecule has 5 nitrogen and oxygen atoms in total. The number of anilines is 2. The second-order valence-corrected chi connectivity index (χ2v) is 6.07. The summed E-state index contributed by atoms with van der Waals surface area (Å²) in [6.07, 6.45) is 0.0539. The van der Waals surface area contributed by atoms with Crippen LogP contribution in [0.4, 0.5) is 11.4 Å². The van der Waals surface area contributed by atoms with Gasteiger partial charge in [0.15, 0.2) is 0 Å². The Morgan fingerprint density at radius 2 is 1.92 bits per heavy atom. The molecule has 0 aliphatic heterocycles. The third-order valence-electron chi connectivity index (χ3n) is 3.46. The molecule has 0 saturated heterocycles. The number of rotatable bonds is 5. The van der Waals surface area contributed by atoms with E-state index < -0.39 is 0 Å². The van der Waals surface area contributed by atoms with Gasteiger partial charge >= 0.3 is 0 Å². The van der Waals surface area contributed by atoms with Crippen molar-refractivity contribution >= 4 is 46.4 Å². The molecule has 128 valence electrons. The van der Waals surface area contributed by atoms with Crippen LogP contribution in [-0.2, 0) is 9.59 Å². The molecule has 0 spiro atoms. The lowest BCUT2D eigenvalue weighted by atomic mass is 10.2. The van der Waals surface area contributed by atoms with E-state index in [9.17, 15) is 9.59 Å². The van der Waals surface area contributed by atoms with E-state index in [0.29, 0.717) is 27.0 Å². The highest BCUT2D eigenvalue weighted by Gasteiger charge is 2.17. The average Bonchev–Trinajstić information content (AvgIpc) is 2.57. The third kappa shape index (κ3) is 4.96. The summed E-state index contributed by atoms with van der Waals surface area (Å²) in [5.74, 6) is -0.548. The van der Waals surface area contributed by atoms with Crippen LogP contribution in [0.2, 0.25) is 10.0 Å². The summed E-state index contributed by atoms with van der Waals surface area (Å²) in [5.41, 5.74) is 1.30. The van der Waals surface area contributed by atoms with Crippen molar-refractivity contribution in [2.45, 2.75) is 13.3 Å². The van der Waals surface area contributed by atoms with Crippen molar-refractivity contribution in [1.82, 2.24) is 0 Å². The van der Waals surface area contributed by atoms with Crippen LogP contribution in [0, 0.1) is 11.3 Å². The molecule has 0 unspecified atom stereocenters. The molecule has 1 N–H and O–H groups in total. The lowest BCUT2D eigenvalue weighted by Gasteiger charge is -2.22. The van der Waals surface area contributed by atoms with Crippen LogP contribution in [0.15, 0.2) is 42.5 Å². The number of nitriles is 1. The van der Waals surface area contributed by atoms with E-state index in [1.165, 1.54) is 17.9 Å². The van der Waals surface area contributed by atoms with Crippen LogP contribution in [0.5, 0.6) is 0 Å². The van der Waals surface area contributed by atoms with Crippen molar-refractivity contribution in [3.63, 3.8) is 0 Å². The lowest BCUT2D eigenvalue weighted by Crippen LogP contribution is -2.32. The maximum Gasteiger partial charge on any atom is 0.226 e. The number of carbonyl (C=O) groups excluding carboxylic acids is 2. The van der Waals surface area contributed by atoms with Crippen molar-refractivity contribution in [1.29, 1.82) is 5.26 Å². The molecule has 0 heterocycles. The van der Waals surface area contributed by atoms with Crippen LogP contribution >= 0.6 is 23.2 Å². The Kier molecular flexibility index (Phi) is 6.40. The minimum absolute atomic E-state index is 0.0539. The van der Waals surface area contributed by atoms with E-state index in [2.05, 4.69) is 5.32 Å². The smallest absolute Gasteiger partial charge is 0.226 e. The summed E-state index contributed by atoms with van der Waals surface area (Å²) >= 11 is 12.0. The maximum atomic E-state index is 12.2. The van der Waals surface area contributed by atoms with Gasteiger partial charge in [-0.15, -0.1) is 0 Å². The van der Waals surface area contributed by atoms with E-state index in [1.807, 2.05) is 6.07 Å². The largest absolute Gasteiger partial charge is 0.325 e. The summed E-state index contributed by atoms with van der Waals surface area (Å²) in [7, 11) is 0. The Morgan fingerprint density at radius 3 is 2.56 bits per heavy atom. The fraction of sp³-hybridized carbons (Fsp3) is 0.167. The third-order valence-corrected chi connectivity index (χ3v) is 4.00. The molecule has 0 bridgehead atoms. The lowest BCUT2D eigenvalue weighted by molar-refractivity contribution is -0.117. The molecule has 2 amide bonds. The van der Waals surface area contributed by atoms with Crippen LogP contribution < -0.4 is 10.2 Å². The number of para-hydroxylation sites is 1. The number of hydrogen-bond acceptors (Lipinski definition) is 3. The zero-order valence-electron chi connectivity index (χ0n) is 13.4. The molecule has 2 aromatic carbocycles. The van der Waals surface area contributed by atoms with Crippen LogP contribution in [0.25, 0.3) is 0 Å². The van der Waals surface area contributed by atoms with Gasteiger partial charge in [0.1, 0.15) is 6.07 Å². The molecule has 0 radical (unpaired) electrons. The van der Waals surface area contributed by atoms with E-state index >= 15 is 0 Å². The maximum absolute atomic E-state index is 12.2. The highest BCUT2D eigenvalue weighted by Crippen LogP contribution is 2.29. The van der Waals surface area contributed by atoms with Crippen molar-refractivity contribution in [2.75, 3.05) is 16.8 Å². The number of hydrogen-bond donors (Lipinski definition) is 1. The minimum Gasteiger partial charge on any atom is -0.325 e. The van der Waals surface area contributed by atoms with Gasteiger partial charge in [-0.3, -0.25) is 9.59 Å². The first-order chi connectivity index (χ1) is 11.9. The molecular formula is C18H15Cl2N3O2. The Balaban J connectivity index is 2.07. The fourth-order valence-electron chi connectivity index (χ4n) is 2.26. The van der Waals surface area contributed by atoms with E-state index in [4.69, 9.17) is 28.5 Å². The highest BCUT2D eigenvalue weighted by atomic mass is 35.5. The van der Waals surface area contributed by atoms with Crippen molar-refractivity contribution in [3.8, 4) is 6.07 Å². The van der Waals surface area contributed by atoms with Gasteiger partial charge in [0.25, 0.3) is 0 Å². The minimum atomic E-state index is -0.306. The number of benzene rings is 2. The van der Waals surface area contributed by atoms with Gasteiger partial charge in [0, 0.05) is 24.9 Å². The average molecular weight is 376 g/mol. The van der Waals surface area contributed by atoms with Gasteiger partial charge in [-0.25, -0.2) is 0 Å². The molecular weight excluding hydrogens is 361 g/mol. The fourth-order valence-corrected chi connectivity index (χ4v) is 2.77. The molecule has 0 atom stereocenters. The SMILES string of the molecule is CC(=O)N(CCC(=O)Nc1ccccc1C#N)c1ccc(Cl)cc1Cl. The molecule has 2 aromatic rings. The summed E-state index contributed by atoms with van der Waals surface area (Å²) < 4.78 is 0. The second-order valence-electron chi connectivity index (χ2n) is 5.22. The van der Waals surface area contributed by atoms with Gasteiger partial charge < -0.3 is 10.2 Å². The molecule has 7 heteroatoms. The Labute approximate surface area is 155 Å². The van der Waals surface area contributed by atoms with Crippen molar-refractivity contribution in [2.24, 2.45) is 0 Å². The number of nitrogens with zero attached hydrogens (tertiary/aromatic N) is 2. The monoisotopic (exact) mass is 375 g/mol. The molecule has 0 aliphatic carbocycles. The first kappa shape index (κ1) is 18.8. The Morgan fingerprint density at radius 1 is 1.20 bits per heavy atom. The van der Waals surface area contributed by atoms with Gasteiger partial charge in [-0.2, -0.15) is 5.26 Å². The van der Waals surface area contributed by atoms with Crippen LogP contribution in [0.3, 0.4) is 0 Å². The first-order valence-electron chi connectivity index (χ1n) is 7.44. The van der Waals surface area contributed by atoms with Gasteiger partial charge in [-0.1, -0.05) is 35.3 Å². The van der Waals surface area contributed by atoms with Crippen molar-refractivity contribution in [3.05, 3.63) is 58.1 Å². The standard InChI is InChI=1S/C18H15Cl2N3O2/c1-12(24)23(17-7-6-14(19)10-15(17)20)9-8-18(25)22-16-5-3-2-4-13(16)11-21/h2-7,10H,8-9H2,1H3,(H,22,25). The molecule has 2 rings (SSSR count). The number of halogens is 2. The molecule has 0 aliphatic rings. The predicted molar refractivity (Wildman–Crippen MR) is 98.9 cm³/mol. The van der Waals surface area contributed by atoms with Crippen LogP contribution in [-0.4, -0.2) is 18.4 Å². The predicted octanol–water partition coefficient (Wildman–Crippen LogP) is 4.25. The number of nitrogens with one attached hydrogen (secondary N) is 1. The Hall–Kier alpha value is -2.55. The summed E-state index contributed by atoms with van der Waals surface area (Å²) in [4.78, 5) is 25.5. The molecule has 25 heavy (non-hydrogen) atoms. The Bertz CT molecular complexity index is 846. The topological polar surface area (TPSA) is 73.2 Å². The van der Waals surface area contributed by atoms with Gasteiger partial charge in [0.2, 0.25) is 11.8 Å². The van der Waals surface area contributed by atoms with E-state index in [0.717, 1.165) is 0 Å². The molecule has 0 fully saturated rings. The zero-order valence-corrected chi connectivity index (χ0v) is 14.9. The zero-order chi connectivity index (χ0) is 18.4. The first-order valence-corrected chi connectivity index (χ1v) is 8.20. The second kappa shape index (κ2) is 8.52. The summed E-state index contributed by atoms with van der Waals surface area (Å²) in [5, 5.41) is 12.5. The number of amides is 2. The van der Waals surface area contributed by atoms with E-state index in [1.54, 1.807) is 36.4 Å².